The van der Waals surface area contributed by atoms with E-state index in [0.717, 1.165) is 16.3 Å². The second-order valence-electron chi connectivity index (χ2n) is 10.6. The first-order valence-corrected chi connectivity index (χ1v) is 15.7. The van der Waals surface area contributed by atoms with Gasteiger partial charge in [0.15, 0.2) is 17.7 Å². The van der Waals surface area contributed by atoms with Crippen molar-refractivity contribution in [2.45, 2.75) is 32.7 Å². The fourth-order valence-electron chi connectivity index (χ4n) is 5.14. The molecular weight excluding hydrogens is 659 g/mol. The van der Waals surface area contributed by atoms with Crippen molar-refractivity contribution < 1.29 is 33.6 Å². The van der Waals surface area contributed by atoms with Crippen LogP contribution in [-0.2, 0) is 16.1 Å². The zero-order chi connectivity index (χ0) is 34.2. The lowest BCUT2D eigenvalue weighted by atomic mass is 9.95. The van der Waals surface area contributed by atoms with E-state index in [2.05, 4.69) is 21.2 Å². The summed E-state index contributed by atoms with van der Waals surface area (Å²) < 4.78 is 22.7. The van der Waals surface area contributed by atoms with Gasteiger partial charge in [-0.05, 0) is 60.5 Å². The van der Waals surface area contributed by atoms with E-state index in [4.69, 9.17) is 42.1 Å². The number of amides is 2. The highest BCUT2D eigenvalue weighted by Crippen LogP contribution is 2.35. The number of hydrazone groups is 1. The fourth-order valence-corrected chi connectivity index (χ4v) is 5.60. The lowest BCUT2D eigenvalue weighted by molar-refractivity contribution is -0.136. The smallest absolute Gasteiger partial charge is 0.337 e. The van der Waals surface area contributed by atoms with E-state index in [9.17, 15) is 14.7 Å². The lowest BCUT2D eigenvalue weighted by Gasteiger charge is -2.28. The van der Waals surface area contributed by atoms with Gasteiger partial charge in [0.25, 0.3) is 0 Å². The van der Waals surface area contributed by atoms with Crippen molar-refractivity contribution in [2.24, 2.45) is 5.10 Å². The lowest BCUT2D eigenvalue weighted by Crippen LogP contribution is -2.45. The molecule has 2 atom stereocenters. The summed E-state index contributed by atoms with van der Waals surface area (Å²) >= 11 is 12.4. The van der Waals surface area contributed by atoms with Crippen LogP contribution in [0.1, 0.15) is 36.6 Å². The molecule has 1 heterocycles. The molecule has 4 aromatic rings. The highest BCUT2D eigenvalue weighted by molar-refractivity contribution is 6.35. The van der Waals surface area contributed by atoms with Crippen LogP contribution in [0.4, 0.5) is 4.79 Å². The van der Waals surface area contributed by atoms with Crippen LogP contribution < -0.4 is 30.3 Å². The van der Waals surface area contributed by atoms with Gasteiger partial charge >= 0.3 is 12.0 Å². The molecule has 0 unspecified atom stereocenters. The van der Waals surface area contributed by atoms with Gasteiger partial charge in [-0.3, -0.25) is 5.43 Å². The number of benzene rings is 4. The van der Waals surface area contributed by atoms with Crippen LogP contribution in [0.2, 0.25) is 10.0 Å². The molecule has 4 N–H and O–H groups in total. The predicted molar refractivity (Wildman–Crippen MR) is 184 cm³/mol. The number of ether oxygens (including phenoxy) is 4. The van der Waals surface area contributed by atoms with Crippen molar-refractivity contribution in [3.63, 3.8) is 0 Å². The Balaban J connectivity index is 1.28. The summed E-state index contributed by atoms with van der Waals surface area (Å²) in [5.74, 6) is 0.698. The molecule has 0 saturated heterocycles. The molecule has 0 fully saturated rings. The second-order valence-corrected chi connectivity index (χ2v) is 11.5. The Bertz CT molecular complexity index is 1880. The second kappa shape index (κ2) is 15.7. The molecule has 0 radical (unpaired) electrons. The highest BCUT2D eigenvalue weighted by atomic mass is 35.5. The predicted octanol–water partition coefficient (Wildman–Crippen LogP) is 6.25. The van der Waals surface area contributed by atoms with Gasteiger partial charge in [-0.2, -0.15) is 5.10 Å². The number of nitrogens with zero attached hydrogens (tertiary/aromatic N) is 1. The normalized spacial score (nSPS) is 15.1. The standard InChI is InChI=1S/C35H34Cl2N4O7/c1-4-46-30-15-22(33-32(34(43)45-3)20(2)39-35(44)40-33)11-14-29(30)48-19-31(42)41-38-17-26-25-8-6-5-7-21(25)10-13-28(26)47-18-23-9-12-24(36)16-27(23)37/h5-17,31,33,41-42H,4,18-19H2,1-3H3,(H2,39,40,44)/b38-17+/t31-,33+/m1/s1. The SMILES string of the molecule is CCOc1cc([C@@H]2NC(=O)NC(C)=C2C(=O)OC)ccc1OC[C@@H](O)N/N=C/c1c(OCc2ccc(Cl)cc2Cl)ccc2ccccc12. The first-order valence-electron chi connectivity index (χ1n) is 15.0. The van der Waals surface area contributed by atoms with E-state index >= 15 is 0 Å². The average molecular weight is 694 g/mol. The topological polar surface area (TPSA) is 140 Å². The van der Waals surface area contributed by atoms with Crippen LogP contribution in [-0.4, -0.2) is 49.9 Å². The van der Waals surface area contributed by atoms with Crippen molar-refractivity contribution in [1.82, 2.24) is 16.1 Å². The number of esters is 1. The molecule has 11 nitrogen and oxygen atoms in total. The van der Waals surface area contributed by atoms with Crippen molar-refractivity contribution in [1.29, 1.82) is 0 Å². The van der Waals surface area contributed by atoms with Crippen molar-refractivity contribution in [3.8, 4) is 17.2 Å². The number of aliphatic hydroxyl groups is 1. The van der Waals surface area contributed by atoms with E-state index in [1.807, 2.05) is 49.4 Å². The summed E-state index contributed by atoms with van der Waals surface area (Å²) in [5, 5.41) is 23.2. The minimum absolute atomic E-state index is 0.179. The third kappa shape index (κ3) is 8.11. The Kier molecular flexibility index (Phi) is 11.3. The maximum atomic E-state index is 12.5. The average Bonchev–Trinajstić information content (AvgIpc) is 3.07. The van der Waals surface area contributed by atoms with Gasteiger partial charge in [0.05, 0.1) is 31.5 Å². The molecule has 250 valence electrons. The Labute approximate surface area is 287 Å². The summed E-state index contributed by atoms with van der Waals surface area (Å²) in [6, 6.07) is 20.6. The zero-order valence-electron chi connectivity index (χ0n) is 26.4. The van der Waals surface area contributed by atoms with Crippen molar-refractivity contribution >= 4 is 52.2 Å². The number of halogens is 2. The fraction of sp³-hybridized carbons (Fsp3) is 0.229. The van der Waals surface area contributed by atoms with Crippen molar-refractivity contribution in [2.75, 3.05) is 20.3 Å². The quantitative estimate of drug-likeness (QED) is 0.0559. The number of carbonyl (C=O) groups is 2. The Morgan fingerprint density at radius 1 is 1.02 bits per heavy atom. The van der Waals surface area contributed by atoms with E-state index in [0.29, 0.717) is 50.7 Å². The Morgan fingerprint density at radius 2 is 1.81 bits per heavy atom. The van der Waals surface area contributed by atoms with Crippen LogP contribution in [0, 0.1) is 0 Å². The molecule has 5 rings (SSSR count). The van der Waals surface area contributed by atoms with Gasteiger partial charge in [0.2, 0.25) is 0 Å². The molecule has 1 aliphatic rings. The molecule has 13 heteroatoms. The number of fused-ring (bicyclic) bond motifs is 1. The molecule has 48 heavy (non-hydrogen) atoms. The molecule has 4 aromatic carbocycles. The Hall–Kier alpha value is -4.97. The Morgan fingerprint density at radius 3 is 2.58 bits per heavy atom. The van der Waals surface area contributed by atoms with E-state index in [1.165, 1.54) is 7.11 Å². The molecular formula is C35H34Cl2N4O7. The van der Waals surface area contributed by atoms with E-state index < -0.39 is 24.3 Å². The summed E-state index contributed by atoms with van der Waals surface area (Å²) in [5.41, 5.74) is 5.39. The number of allylic oxidation sites excluding steroid dienone is 1. The number of aliphatic hydroxyl groups excluding tert-OH is 1. The molecule has 0 bridgehead atoms. The minimum Gasteiger partial charge on any atom is -0.490 e. The van der Waals surface area contributed by atoms with E-state index in [-0.39, 0.29) is 18.8 Å². The van der Waals surface area contributed by atoms with Gasteiger partial charge < -0.3 is 34.7 Å². The maximum absolute atomic E-state index is 12.5. The van der Waals surface area contributed by atoms with Gasteiger partial charge in [-0.1, -0.05) is 65.7 Å². The van der Waals surface area contributed by atoms with Gasteiger partial charge in [-0.15, -0.1) is 0 Å². The highest BCUT2D eigenvalue weighted by Gasteiger charge is 2.32. The number of urea groups is 1. The minimum atomic E-state index is -1.19. The largest absolute Gasteiger partial charge is 0.490 e. The molecule has 1 aliphatic heterocycles. The van der Waals surface area contributed by atoms with Crippen LogP contribution in [0.25, 0.3) is 10.8 Å². The third-order valence-electron chi connectivity index (χ3n) is 7.42. The number of hydrogen-bond donors (Lipinski definition) is 4. The molecule has 0 aromatic heterocycles. The zero-order valence-corrected chi connectivity index (χ0v) is 27.9. The van der Waals surface area contributed by atoms with Crippen LogP contribution >= 0.6 is 23.2 Å². The molecule has 2 amide bonds. The third-order valence-corrected chi connectivity index (χ3v) is 8.01. The molecule has 0 spiro atoms. The number of carbonyl (C=O) groups excluding carboxylic acids is 2. The summed E-state index contributed by atoms with van der Waals surface area (Å²) in [7, 11) is 1.27. The van der Waals surface area contributed by atoms with Crippen LogP contribution in [0.3, 0.4) is 0 Å². The number of rotatable bonds is 13. The number of nitrogens with one attached hydrogen (secondary N) is 3. The van der Waals surface area contributed by atoms with Crippen molar-refractivity contribution in [3.05, 3.63) is 111 Å². The molecule has 0 aliphatic carbocycles. The summed E-state index contributed by atoms with van der Waals surface area (Å²) in [4.78, 5) is 24.7. The van der Waals surface area contributed by atoms with Gasteiger partial charge in [0, 0.05) is 26.9 Å². The first kappa shape index (κ1) is 34.4. The van der Waals surface area contributed by atoms with Gasteiger partial charge in [-0.25, -0.2) is 9.59 Å². The molecule has 0 saturated carbocycles. The number of methoxy groups -OCH3 is 1. The first-order chi connectivity index (χ1) is 23.2. The van der Waals surface area contributed by atoms with Crippen LogP contribution in [0.15, 0.2) is 89.2 Å². The maximum Gasteiger partial charge on any atom is 0.337 e. The van der Waals surface area contributed by atoms with E-state index in [1.54, 1.807) is 43.5 Å². The summed E-state index contributed by atoms with van der Waals surface area (Å²) in [6.45, 7) is 3.79. The number of hydrogen-bond acceptors (Lipinski definition) is 9. The van der Waals surface area contributed by atoms with Crippen LogP contribution in [0.5, 0.6) is 17.2 Å². The van der Waals surface area contributed by atoms with Gasteiger partial charge in [0.1, 0.15) is 19.0 Å². The monoisotopic (exact) mass is 692 g/mol. The summed E-state index contributed by atoms with van der Waals surface area (Å²) in [6.07, 6.45) is 0.384.